The van der Waals surface area contributed by atoms with Crippen molar-refractivity contribution in [2.24, 2.45) is 0 Å². The third-order valence-electron chi connectivity index (χ3n) is 7.43. The molecule has 10 heteroatoms. The van der Waals surface area contributed by atoms with Crippen LogP contribution >= 0.6 is 11.3 Å². The first-order valence-corrected chi connectivity index (χ1v) is 14.6. The van der Waals surface area contributed by atoms with Crippen molar-refractivity contribution >= 4 is 37.7 Å². The Balaban J connectivity index is 1.51. The molecule has 210 valence electrons. The molecule has 3 aromatic heterocycles. The lowest BCUT2D eigenvalue weighted by Gasteiger charge is -2.29. The maximum Gasteiger partial charge on any atom is 0.310 e. The van der Waals surface area contributed by atoms with E-state index in [2.05, 4.69) is 4.90 Å². The fourth-order valence-corrected chi connectivity index (χ4v) is 6.40. The molecule has 7 rings (SSSR count). The van der Waals surface area contributed by atoms with Crippen molar-refractivity contribution in [2.45, 2.75) is 19.3 Å². The topological polar surface area (TPSA) is 91.5 Å². The lowest BCUT2D eigenvalue weighted by atomic mass is 10.1. The standard InChI is InChI=1S/C32H27N5O4S/c1-40-23-15-17-24(18-16-23)41-32-34-28-26(30(39)37(32)22-13-7-3-8-14-22)25-27(42-28)33-31(35-19-9-4-10-20-35)36(29(25)38)21-11-5-2-6-12-21/h2-3,5-8,11-18H,4,9-10,19-20H2,1H3. The highest BCUT2D eigenvalue weighted by molar-refractivity contribution is 7.25. The van der Waals surface area contributed by atoms with Gasteiger partial charge in [-0.3, -0.25) is 9.59 Å². The van der Waals surface area contributed by atoms with Crippen molar-refractivity contribution < 1.29 is 9.47 Å². The van der Waals surface area contributed by atoms with Crippen LogP contribution in [0.1, 0.15) is 19.3 Å². The third-order valence-corrected chi connectivity index (χ3v) is 8.41. The maximum atomic E-state index is 14.4. The second-order valence-corrected chi connectivity index (χ2v) is 11.0. The highest BCUT2D eigenvalue weighted by Gasteiger charge is 2.26. The quantitative estimate of drug-likeness (QED) is 0.242. The van der Waals surface area contributed by atoms with Gasteiger partial charge in [0.1, 0.15) is 21.2 Å². The van der Waals surface area contributed by atoms with E-state index in [9.17, 15) is 9.59 Å². The van der Waals surface area contributed by atoms with Crippen LogP contribution in [0, 0.1) is 0 Å². The second-order valence-electron chi connectivity index (χ2n) is 10.0. The first-order chi connectivity index (χ1) is 20.6. The summed E-state index contributed by atoms with van der Waals surface area (Å²) in [6.45, 7) is 1.63. The number of hydrogen-bond donors (Lipinski definition) is 0. The van der Waals surface area contributed by atoms with E-state index in [0.29, 0.717) is 38.5 Å². The Morgan fingerprint density at radius 3 is 1.83 bits per heavy atom. The van der Waals surface area contributed by atoms with Gasteiger partial charge in [0.15, 0.2) is 0 Å². The fourth-order valence-electron chi connectivity index (χ4n) is 5.38. The number of thiophene rings is 1. The van der Waals surface area contributed by atoms with Crippen LogP contribution in [-0.2, 0) is 0 Å². The van der Waals surface area contributed by atoms with Crippen LogP contribution in [0.25, 0.3) is 31.8 Å². The van der Waals surface area contributed by atoms with Gasteiger partial charge in [-0.25, -0.2) is 14.1 Å². The molecule has 42 heavy (non-hydrogen) atoms. The summed E-state index contributed by atoms with van der Waals surface area (Å²) in [5, 5.41) is 0.492. The molecule has 0 radical (unpaired) electrons. The van der Waals surface area contributed by atoms with Crippen molar-refractivity contribution in [1.29, 1.82) is 0 Å². The van der Waals surface area contributed by atoms with Crippen LogP contribution in [0.15, 0.2) is 94.5 Å². The molecular formula is C32H27N5O4S. The lowest BCUT2D eigenvalue weighted by molar-refractivity contribution is 0.408. The molecule has 1 saturated heterocycles. The van der Waals surface area contributed by atoms with Gasteiger partial charge >= 0.3 is 6.01 Å². The van der Waals surface area contributed by atoms with E-state index in [1.165, 1.54) is 15.9 Å². The number of fused-ring (bicyclic) bond motifs is 3. The molecule has 4 heterocycles. The summed E-state index contributed by atoms with van der Waals surface area (Å²) in [5.41, 5.74) is 0.583. The second kappa shape index (κ2) is 10.8. The predicted molar refractivity (Wildman–Crippen MR) is 165 cm³/mol. The summed E-state index contributed by atoms with van der Waals surface area (Å²) in [6, 6.07) is 25.8. The Bertz CT molecular complexity index is 2010. The van der Waals surface area contributed by atoms with Gasteiger partial charge in [-0.05, 0) is 67.8 Å². The van der Waals surface area contributed by atoms with Gasteiger partial charge in [0.25, 0.3) is 11.1 Å². The molecule has 0 spiro atoms. The molecule has 0 N–H and O–H groups in total. The van der Waals surface area contributed by atoms with E-state index in [0.717, 1.165) is 32.4 Å². The number of nitrogens with zero attached hydrogens (tertiary/aromatic N) is 5. The van der Waals surface area contributed by atoms with Gasteiger partial charge in [0, 0.05) is 13.1 Å². The smallest absolute Gasteiger partial charge is 0.310 e. The largest absolute Gasteiger partial charge is 0.497 e. The van der Waals surface area contributed by atoms with Crippen molar-refractivity contribution in [3.05, 3.63) is 106 Å². The minimum absolute atomic E-state index is 0.0926. The molecule has 0 amide bonds. The average molecular weight is 578 g/mol. The van der Waals surface area contributed by atoms with E-state index >= 15 is 0 Å². The van der Waals surface area contributed by atoms with Crippen molar-refractivity contribution in [3.63, 3.8) is 0 Å². The molecule has 3 aromatic carbocycles. The van der Waals surface area contributed by atoms with Gasteiger partial charge in [0.2, 0.25) is 5.95 Å². The molecule has 1 aliphatic heterocycles. The van der Waals surface area contributed by atoms with Crippen molar-refractivity contribution in [1.82, 2.24) is 19.1 Å². The maximum absolute atomic E-state index is 14.4. The number of hydrogen-bond acceptors (Lipinski definition) is 8. The molecule has 1 aliphatic rings. The number of anilines is 1. The summed E-state index contributed by atoms with van der Waals surface area (Å²) < 4.78 is 14.5. The summed E-state index contributed by atoms with van der Waals surface area (Å²) >= 11 is 1.23. The van der Waals surface area contributed by atoms with Crippen LogP contribution in [0.3, 0.4) is 0 Å². The van der Waals surface area contributed by atoms with E-state index in [-0.39, 0.29) is 22.3 Å². The van der Waals surface area contributed by atoms with Gasteiger partial charge in [-0.15, -0.1) is 0 Å². The van der Waals surface area contributed by atoms with E-state index < -0.39 is 5.56 Å². The Labute approximate surface area is 244 Å². The summed E-state index contributed by atoms with van der Waals surface area (Å²) in [4.78, 5) is 41.6. The molecule has 0 saturated carbocycles. The number of methoxy groups -OCH3 is 1. The van der Waals surface area contributed by atoms with Gasteiger partial charge in [-0.2, -0.15) is 4.98 Å². The minimum atomic E-state index is -0.398. The summed E-state index contributed by atoms with van der Waals surface area (Å²) in [7, 11) is 1.59. The number of aromatic nitrogens is 4. The van der Waals surface area contributed by atoms with E-state index in [4.69, 9.17) is 19.4 Å². The zero-order valence-electron chi connectivity index (χ0n) is 22.9. The van der Waals surface area contributed by atoms with Crippen LogP contribution in [0.5, 0.6) is 17.5 Å². The highest BCUT2D eigenvalue weighted by Crippen LogP contribution is 2.33. The Kier molecular flexibility index (Phi) is 6.67. The summed E-state index contributed by atoms with van der Waals surface area (Å²) in [5.74, 6) is 1.76. The first-order valence-electron chi connectivity index (χ1n) is 13.8. The van der Waals surface area contributed by atoms with Crippen LogP contribution in [0.4, 0.5) is 5.95 Å². The minimum Gasteiger partial charge on any atom is -0.497 e. The third kappa shape index (κ3) is 4.50. The van der Waals surface area contributed by atoms with Crippen LogP contribution in [-0.4, -0.2) is 39.3 Å². The number of ether oxygens (including phenoxy) is 2. The Morgan fingerprint density at radius 1 is 0.667 bits per heavy atom. The molecule has 0 atom stereocenters. The molecular weight excluding hydrogens is 550 g/mol. The normalized spacial score (nSPS) is 13.5. The number of benzene rings is 3. The molecule has 9 nitrogen and oxygen atoms in total. The molecule has 0 unspecified atom stereocenters. The number of piperidine rings is 1. The zero-order valence-corrected chi connectivity index (χ0v) is 23.7. The SMILES string of the molecule is COc1ccc(Oc2nc3sc4nc(N5CCCCC5)n(-c5ccccc5)c(=O)c4c3c(=O)n2-c2ccccc2)cc1. The van der Waals surface area contributed by atoms with Gasteiger partial charge in [-0.1, -0.05) is 47.7 Å². The van der Waals surface area contributed by atoms with Gasteiger partial charge in [0.05, 0.1) is 29.3 Å². The highest BCUT2D eigenvalue weighted by atomic mass is 32.1. The summed E-state index contributed by atoms with van der Waals surface area (Å²) in [6.07, 6.45) is 3.21. The van der Waals surface area contributed by atoms with E-state index in [1.807, 2.05) is 48.5 Å². The van der Waals surface area contributed by atoms with Gasteiger partial charge < -0.3 is 14.4 Å². The average Bonchev–Trinajstić information content (AvgIpc) is 3.42. The Hall–Kier alpha value is -4.96. The Morgan fingerprint density at radius 2 is 1.21 bits per heavy atom. The molecule has 1 fully saturated rings. The van der Waals surface area contributed by atoms with Crippen molar-refractivity contribution in [2.75, 3.05) is 25.1 Å². The number of rotatable bonds is 6. The predicted octanol–water partition coefficient (Wildman–Crippen LogP) is 5.94. The van der Waals surface area contributed by atoms with Crippen LogP contribution in [0.2, 0.25) is 0 Å². The fraction of sp³-hybridized carbons (Fsp3) is 0.188. The molecule has 0 bridgehead atoms. The first kappa shape index (κ1) is 26.0. The molecule has 6 aromatic rings. The number of para-hydroxylation sites is 2. The monoisotopic (exact) mass is 577 g/mol. The molecule has 0 aliphatic carbocycles. The van der Waals surface area contributed by atoms with Crippen molar-refractivity contribution in [3.8, 4) is 28.9 Å². The van der Waals surface area contributed by atoms with E-state index in [1.54, 1.807) is 48.1 Å². The van der Waals surface area contributed by atoms with Crippen LogP contribution < -0.4 is 25.5 Å². The lowest BCUT2D eigenvalue weighted by Crippen LogP contribution is -2.36. The zero-order chi connectivity index (χ0) is 28.6.